The molecule has 24 heavy (non-hydrogen) atoms. The van der Waals surface area contributed by atoms with Crippen molar-refractivity contribution in [1.29, 1.82) is 0 Å². The topological polar surface area (TPSA) is 87.7 Å². The summed E-state index contributed by atoms with van der Waals surface area (Å²) >= 11 is 1.40. The Morgan fingerprint density at radius 2 is 2.00 bits per heavy atom. The Morgan fingerprint density at radius 1 is 1.29 bits per heavy atom. The van der Waals surface area contributed by atoms with Gasteiger partial charge in [0.05, 0.1) is 18.0 Å². The van der Waals surface area contributed by atoms with Gasteiger partial charge in [0, 0.05) is 24.0 Å². The van der Waals surface area contributed by atoms with Crippen LogP contribution in [0, 0.1) is 6.92 Å². The molecule has 1 aliphatic heterocycles. The largest absolute Gasteiger partial charge is 0.450 e. The van der Waals surface area contributed by atoms with E-state index >= 15 is 0 Å². The average molecular weight is 353 g/mol. The van der Waals surface area contributed by atoms with Crippen LogP contribution in [0.4, 0.5) is 4.79 Å². The fourth-order valence-electron chi connectivity index (χ4n) is 2.50. The number of rotatable bonds is 5. The third-order valence-electron chi connectivity index (χ3n) is 3.76. The van der Waals surface area contributed by atoms with E-state index in [0.29, 0.717) is 37.4 Å². The number of nitrogens with zero attached hydrogens (tertiary/aromatic N) is 1. The molecular weight excluding hydrogens is 330 g/mol. The number of hydrogen-bond acceptors (Lipinski definition) is 5. The molecule has 0 aromatic carbocycles. The lowest BCUT2D eigenvalue weighted by atomic mass is 10.1. The Hall–Kier alpha value is -2.09. The maximum Gasteiger partial charge on any atom is 0.409 e. The van der Waals surface area contributed by atoms with Crippen LogP contribution < -0.4 is 10.6 Å². The van der Waals surface area contributed by atoms with Crippen LogP contribution in [0.25, 0.3) is 0 Å². The molecule has 0 spiro atoms. The van der Waals surface area contributed by atoms with E-state index < -0.39 is 0 Å². The van der Waals surface area contributed by atoms with Gasteiger partial charge in [-0.2, -0.15) is 0 Å². The van der Waals surface area contributed by atoms with Gasteiger partial charge in [-0.25, -0.2) is 4.79 Å². The maximum absolute atomic E-state index is 11.9. The fourth-order valence-corrected chi connectivity index (χ4v) is 3.29. The summed E-state index contributed by atoms with van der Waals surface area (Å²) in [6, 6.07) is 3.64. The van der Waals surface area contributed by atoms with E-state index in [-0.39, 0.29) is 30.5 Å². The summed E-state index contributed by atoms with van der Waals surface area (Å²) in [6.07, 6.45) is 1.06. The van der Waals surface area contributed by atoms with Crippen molar-refractivity contribution < 1.29 is 19.1 Å². The highest BCUT2D eigenvalue weighted by atomic mass is 32.1. The van der Waals surface area contributed by atoms with Crippen LogP contribution in [0.2, 0.25) is 0 Å². The van der Waals surface area contributed by atoms with Gasteiger partial charge in [-0.15, -0.1) is 11.3 Å². The number of amides is 3. The van der Waals surface area contributed by atoms with Crippen LogP contribution in [-0.4, -0.2) is 55.1 Å². The summed E-state index contributed by atoms with van der Waals surface area (Å²) in [5, 5.41) is 5.51. The monoisotopic (exact) mass is 353 g/mol. The number of aryl methyl sites for hydroxylation is 1. The molecule has 0 unspecified atom stereocenters. The zero-order chi connectivity index (χ0) is 17.5. The molecule has 1 fully saturated rings. The summed E-state index contributed by atoms with van der Waals surface area (Å²) in [4.78, 5) is 38.7. The number of ether oxygens (including phenoxy) is 1. The second kappa shape index (κ2) is 8.68. The normalized spacial score (nSPS) is 15.0. The molecule has 0 bridgehead atoms. The van der Waals surface area contributed by atoms with Gasteiger partial charge < -0.3 is 20.3 Å². The Labute approximate surface area is 145 Å². The Morgan fingerprint density at radius 3 is 2.58 bits per heavy atom. The predicted molar refractivity (Wildman–Crippen MR) is 91.1 cm³/mol. The first-order valence-electron chi connectivity index (χ1n) is 8.05. The Balaban J connectivity index is 1.68. The minimum Gasteiger partial charge on any atom is -0.450 e. The SMILES string of the molecule is CCOC(=O)N1CCC(NC(=O)CNC(=O)c2ccc(C)s2)CC1. The molecular formula is C16H23N3O4S. The van der Waals surface area contributed by atoms with Gasteiger partial charge in [-0.05, 0) is 38.8 Å². The minimum absolute atomic E-state index is 0.0176. The molecule has 132 valence electrons. The number of thiophene rings is 1. The highest BCUT2D eigenvalue weighted by Gasteiger charge is 2.24. The van der Waals surface area contributed by atoms with E-state index in [0.717, 1.165) is 4.88 Å². The van der Waals surface area contributed by atoms with Crippen molar-refractivity contribution in [2.24, 2.45) is 0 Å². The third kappa shape index (κ3) is 5.23. The van der Waals surface area contributed by atoms with Crippen LogP contribution >= 0.6 is 11.3 Å². The van der Waals surface area contributed by atoms with Crippen LogP contribution in [0.1, 0.15) is 34.3 Å². The van der Waals surface area contributed by atoms with Crippen molar-refractivity contribution in [2.45, 2.75) is 32.7 Å². The van der Waals surface area contributed by atoms with Crippen LogP contribution in [-0.2, 0) is 9.53 Å². The molecule has 2 heterocycles. The lowest BCUT2D eigenvalue weighted by molar-refractivity contribution is -0.121. The summed E-state index contributed by atoms with van der Waals surface area (Å²) in [5.74, 6) is -0.452. The maximum atomic E-state index is 11.9. The second-order valence-electron chi connectivity index (χ2n) is 5.62. The van der Waals surface area contributed by atoms with Crippen molar-refractivity contribution in [1.82, 2.24) is 15.5 Å². The van der Waals surface area contributed by atoms with Crippen molar-refractivity contribution in [3.8, 4) is 0 Å². The summed E-state index contributed by atoms with van der Waals surface area (Å²) in [5.41, 5.74) is 0. The molecule has 0 saturated carbocycles. The highest BCUT2D eigenvalue weighted by Crippen LogP contribution is 2.14. The summed E-state index contributed by atoms with van der Waals surface area (Å²) < 4.78 is 4.96. The van der Waals surface area contributed by atoms with Gasteiger partial charge in [0.25, 0.3) is 5.91 Å². The second-order valence-corrected chi connectivity index (χ2v) is 6.91. The molecule has 0 aliphatic carbocycles. The molecule has 0 radical (unpaired) electrons. The Bertz CT molecular complexity index is 594. The third-order valence-corrected chi connectivity index (χ3v) is 4.76. The molecule has 1 saturated heterocycles. The molecule has 0 atom stereocenters. The summed E-state index contributed by atoms with van der Waals surface area (Å²) in [6.45, 7) is 5.13. The first kappa shape index (κ1) is 18.3. The lowest BCUT2D eigenvalue weighted by Crippen LogP contribution is -2.48. The van der Waals surface area contributed by atoms with E-state index in [2.05, 4.69) is 10.6 Å². The van der Waals surface area contributed by atoms with Crippen LogP contribution in [0.15, 0.2) is 12.1 Å². The molecule has 1 aromatic heterocycles. The number of likely N-dealkylation sites (tertiary alicyclic amines) is 1. The molecule has 8 heteroatoms. The number of carbonyl (C=O) groups is 3. The molecule has 2 rings (SSSR count). The van der Waals surface area contributed by atoms with Crippen molar-refractivity contribution in [3.05, 3.63) is 21.9 Å². The lowest BCUT2D eigenvalue weighted by Gasteiger charge is -2.31. The first-order valence-corrected chi connectivity index (χ1v) is 8.87. The molecule has 1 aromatic rings. The van der Waals surface area contributed by atoms with Gasteiger partial charge in [0.1, 0.15) is 0 Å². The molecule has 7 nitrogen and oxygen atoms in total. The quantitative estimate of drug-likeness (QED) is 0.840. The smallest absolute Gasteiger partial charge is 0.409 e. The average Bonchev–Trinajstić information content (AvgIpc) is 3.00. The highest BCUT2D eigenvalue weighted by molar-refractivity contribution is 7.13. The zero-order valence-corrected chi connectivity index (χ0v) is 14.8. The minimum atomic E-state index is -0.305. The van der Waals surface area contributed by atoms with Crippen molar-refractivity contribution >= 4 is 29.2 Å². The van der Waals surface area contributed by atoms with E-state index in [1.54, 1.807) is 17.9 Å². The summed E-state index contributed by atoms with van der Waals surface area (Å²) in [7, 11) is 0. The van der Waals surface area contributed by atoms with Crippen LogP contribution in [0.3, 0.4) is 0 Å². The fraction of sp³-hybridized carbons (Fsp3) is 0.562. The molecule has 1 aliphatic rings. The number of nitrogens with one attached hydrogen (secondary N) is 2. The van der Waals surface area contributed by atoms with Gasteiger partial charge in [0.15, 0.2) is 0 Å². The van der Waals surface area contributed by atoms with E-state index in [4.69, 9.17) is 4.74 Å². The van der Waals surface area contributed by atoms with Gasteiger partial charge in [-0.1, -0.05) is 0 Å². The standard InChI is InChI=1S/C16H23N3O4S/c1-3-23-16(22)19-8-6-12(7-9-19)18-14(20)10-17-15(21)13-5-4-11(2)24-13/h4-5,12H,3,6-10H2,1-2H3,(H,17,21)(H,18,20). The first-order chi connectivity index (χ1) is 11.5. The van der Waals surface area contributed by atoms with Crippen molar-refractivity contribution in [2.75, 3.05) is 26.2 Å². The van der Waals surface area contributed by atoms with Gasteiger partial charge >= 0.3 is 6.09 Å². The Kier molecular flexibility index (Phi) is 6.60. The predicted octanol–water partition coefficient (Wildman–Crippen LogP) is 1.52. The molecule has 2 N–H and O–H groups in total. The van der Waals surface area contributed by atoms with E-state index in [1.807, 2.05) is 13.0 Å². The zero-order valence-electron chi connectivity index (χ0n) is 14.0. The number of carbonyl (C=O) groups excluding carboxylic acids is 3. The number of hydrogen-bond donors (Lipinski definition) is 2. The van der Waals surface area contributed by atoms with Gasteiger partial charge in [0.2, 0.25) is 5.91 Å². The van der Waals surface area contributed by atoms with E-state index in [1.165, 1.54) is 11.3 Å². The molecule has 3 amide bonds. The van der Waals surface area contributed by atoms with Crippen molar-refractivity contribution in [3.63, 3.8) is 0 Å². The van der Waals surface area contributed by atoms with Gasteiger partial charge in [-0.3, -0.25) is 9.59 Å². The van der Waals surface area contributed by atoms with E-state index in [9.17, 15) is 14.4 Å². The number of piperidine rings is 1. The van der Waals surface area contributed by atoms with Crippen LogP contribution in [0.5, 0.6) is 0 Å².